The number of benzene rings is 1. The average molecular weight is 273 g/mol. The predicted molar refractivity (Wildman–Crippen MR) is 81.1 cm³/mol. The topological polar surface area (TPSA) is 39.1 Å². The summed E-state index contributed by atoms with van der Waals surface area (Å²) in [5.41, 5.74) is 3.51. The van der Waals surface area contributed by atoms with Gasteiger partial charge in [-0.15, -0.1) is 0 Å². The Morgan fingerprint density at radius 1 is 1.30 bits per heavy atom. The number of hydrogen-bond donors (Lipinski definition) is 1. The standard InChI is InChI=1S/C16H23N3O/c1-12(14-8-6-5-7-9-14)10-17-11-15-13(2)18-19(3)16(15)20-4/h5-9,12,17H,10-11H2,1-4H3. The lowest BCUT2D eigenvalue weighted by atomic mass is 10.0. The molecule has 1 atom stereocenters. The van der Waals surface area contributed by atoms with Crippen LogP contribution in [0.1, 0.15) is 29.7 Å². The molecule has 0 aliphatic rings. The van der Waals surface area contributed by atoms with E-state index in [-0.39, 0.29) is 0 Å². The van der Waals surface area contributed by atoms with Gasteiger partial charge in [-0.2, -0.15) is 5.10 Å². The third kappa shape index (κ3) is 3.20. The maximum atomic E-state index is 5.40. The molecule has 108 valence electrons. The van der Waals surface area contributed by atoms with E-state index >= 15 is 0 Å². The second-order valence-corrected chi connectivity index (χ2v) is 5.14. The molecule has 0 radical (unpaired) electrons. The predicted octanol–water partition coefficient (Wildman–Crippen LogP) is 2.63. The van der Waals surface area contributed by atoms with Gasteiger partial charge >= 0.3 is 0 Å². The summed E-state index contributed by atoms with van der Waals surface area (Å²) in [5.74, 6) is 1.32. The van der Waals surface area contributed by atoms with Crippen molar-refractivity contribution < 1.29 is 4.74 Å². The lowest BCUT2D eigenvalue weighted by molar-refractivity contribution is 0.367. The van der Waals surface area contributed by atoms with E-state index in [4.69, 9.17) is 4.74 Å². The summed E-state index contributed by atoms with van der Waals surface area (Å²) in [6.45, 7) is 5.96. The number of ether oxygens (including phenoxy) is 1. The Morgan fingerprint density at radius 2 is 2.00 bits per heavy atom. The second kappa shape index (κ2) is 6.57. The molecule has 0 saturated carbocycles. The van der Waals surface area contributed by atoms with Crippen molar-refractivity contribution in [3.8, 4) is 5.88 Å². The highest BCUT2D eigenvalue weighted by molar-refractivity contribution is 5.30. The minimum absolute atomic E-state index is 0.485. The minimum Gasteiger partial charge on any atom is -0.481 e. The van der Waals surface area contributed by atoms with Gasteiger partial charge in [0.25, 0.3) is 0 Å². The van der Waals surface area contributed by atoms with Crippen LogP contribution in [-0.2, 0) is 13.6 Å². The Kier molecular flexibility index (Phi) is 4.79. The molecule has 20 heavy (non-hydrogen) atoms. The number of methoxy groups -OCH3 is 1. The van der Waals surface area contributed by atoms with E-state index in [1.54, 1.807) is 11.8 Å². The lowest BCUT2D eigenvalue weighted by Gasteiger charge is -2.13. The summed E-state index contributed by atoms with van der Waals surface area (Å²) in [5, 5.41) is 7.88. The Morgan fingerprint density at radius 3 is 2.65 bits per heavy atom. The molecule has 1 N–H and O–H groups in total. The molecule has 1 aromatic heterocycles. The van der Waals surface area contributed by atoms with E-state index in [9.17, 15) is 0 Å². The molecule has 0 fully saturated rings. The van der Waals surface area contributed by atoms with Crippen LogP contribution in [0.15, 0.2) is 30.3 Å². The zero-order valence-corrected chi connectivity index (χ0v) is 12.7. The zero-order chi connectivity index (χ0) is 14.5. The number of nitrogens with one attached hydrogen (secondary N) is 1. The van der Waals surface area contributed by atoms with Gasteiger partial charge in [0.15, 0.2) is 0 Å². The summed E-state index contributed by atoms with van der Waals surface area (Å²) in [4.78, 5) is 0. The normalized spacial score (nSPS) is 12.4. The number of aromatic nitrogens is 2. The first kappa shape index (κ1) is 14.6. The van der Waals surface area contributed by atoms with Crippen molar-refractivity contribution in [1.29, 1.82) is 0 Å². The Bertz CT molecular complexity index is 548. The monoisotopic (exact) mass is 273 g/mol. The van der Waals surface area contributed by atoms with Crippen molar-refractivity contribution in [1.82, 2.24) is 15.1 Å². The maximum Gasteiger partial charge on any atom is 0.216 e. The zero-order valence-electron chi connectivity index (χ0n) is 12.7. The molecule has 0 spiro atoms. The van der Waals surface area contributed by atoms with E-state index in [1.807, 2.05) is 20.0 Å². The van der Waals surface area contributed by atoms with Gasteiger partial charge in [0, 0.05) is 20.1 Å². The summed E-state index contributed by atoms with van der Waals surface area (Å²) in [6, 6.07) is 10.6. The highest BCUT2D eigenvalue weighted by Gasteiger charge is 2.13. The summed E-state index contributed by atoms with van der Waals surface area (Å²) >= 11 is 0. The van der Waals surface area contributed by atoms with Crippen LogP contribution in [0.3, 0.4) is 0 Å². The fourth-order valence-corrected chi connectivity index (χ4v) is 2.45. The number of nitrogens with zero attached hydrogens (tertiary/aromatic N) is 2. The van der Waals surface area contributed by atoms with Gasteiger partial charge in [-0.25, -0.2) is 4.68 Å². The van der Waals surface area contributed by atoms with E-state index in [0.717, 1.165) is 30.2 Å². The molecular weight excluding hydrogens is 250 g/mol. The van der Waals surface area contributed by atoms with Gasteiger partial charge in [-0.05, 0) is 18.4 Å². The molecule has 0 bridgehead atoms. The van der Waals surface area contributed by atoms with Crippen molar-refractivity contribution in [2.45, 2.75) is 26.3 Å². The van der Waals surface area contributed by atoms with Crippen LogP contribution in [0.4, 0.5) is 0 Å². The molecule has 4 nitrogen and oxygen atoms in total. The van der Waals surface area contributed by atoms with Crippen LogP contribution in [-0.4, -0.2) is 23.4 Å². The molecular formula is C16H23N3O. The van der Waals surface area contributed by atoms with Gasteiger partial charge < -0.3 is 10.1 Å². The van der Waals surface area contributed by atoms with Crippen LogP contribution in [0.2, 0.25) is 0 Å². The van der Waals surface area contributed by atoms with Crippen LogP contribution >= 0.6 is 0 Å². The first-order valence-electron chi connectivity index (χ1n) is 6.95. The highest BCUT2D eigenvalue weighted by atomic mass is 16.5. The first-order chi connectivity index (χ1) is 9.63. The van der Waals surface area contributed by atoms with E-state index in [0.29, 0.717) is 5.92 Å². The van der Waals surface area contributed by atoms with E-state index in [2.05, 4.69) is 41.6 Å². The highest BCUT2D eigenvalue weighted by Crippen LogP contribution is 2.21. The number of hydrogen-bond acceptors (Lipinski definition) is 3. The molecule has 1 heterocycles. The Labute approximate surface area is 120 Å². The van der Waals surface area contributed by atoms with E-state index in [1.165, 1.54) is 5.56 Å². The second-order valence-electron chi connectivity index (χ2n) is 5.14. The van der Waals surface area contributed by atoms with Crippen LogP contribution < -0.4 is 10.1 Å². The van der Waals surface area contributed by atoms with E-state index < -0.39 is 0 Å². The van der Waals surface area contributed by atoms with Crippen LogP contribution in [0.25, 0.3) is 0 Å². The van der Waals surface area contributed by atoms with Gasteiger partial charge in [-0.3, -0.25) is 0 Å². The van der Waals surface area contributed by atoms with Crippen LogP contribution in [0, 0.1) is 6.92 Å². The number of rotatable bonds is 6. The van der Waals surface area contributed by atoms with Crippen molar-refractivity contribution in [2.24, 2.45) is 7.05 Å². The summed E-state index contributed by atoms with van der Waals surface area (Å²) in [6.07, 6.45) is 0. The van der Waals surface area contributed by atoms with Crippen molar-refractivity contribution in [3.05, 3.63) is 47.2 Å². The lowest BCUT2D eigenvalue weighted by Crippen LogP contribution is -2.20. The van der Waals surface area contributed by atoms with Gasteiger partial charge in [0.2, 0.25) is 5.88 Å². The average Bonchev–Trinajstić information content (AvgIpc) is 2.73. The molecule has 1 aromatic carbocycles. The third-order valence-electron chi connectivity index (χ3n) is 3.60. The molecule has 2 aromatic rings. The van der Waals surface area contributed by atoms with Crippen molar-refractivity contribution in [3.63, 3.8) is 0 Å². The molecule has 0 saturated heterocycles. The fraction of sp³-hybridized carbons (Fsp3) is 0.438. The van der Waals surface area contributed by atoms with Crippen molar-refractivity contribution >= 4 is 0 Å². The molecule has 0 amide bonds. The molecule has 0 aliphatic heterocycles. The van der Waals surface area contributed by atoms with Gasteiger partial charge in [0.1, 0.15) is 0 Å². The SMILES string of the molecule is COc1c(CNCC(C)c2ccccc2)c(C)nn1C. The van der Waals surface area contributed by atoms with Crippen LogP contribution in [0.5, 0.6) is 5.88 Å². The fourth-order valence-electron chi connectivity index (χ4n) is 2.45. The Hall–Kier alpha value is -1.81. The maximum absolute atomic E-state index is 5.40. The third-order valence-corrected chi connectivity index (χ3v) is 3.60. The van der Waals surface area contributed by atoms with Gasteiger partial charge in [0.05, 0.1) is 18.4 Å². The quantitative estimate of drug-likeness (QED) is 0.879. The molecule has 2 rings (SSSR count). The summed E-state index contributed by atoms with van der Waals surface area (Å²) in [7, 11) is 3.59. The Balaban J connectivity index is 1.93. The molecule has 1 unspecified atom stereocenters. The largest absolute Gasteiger partial charge is 0.481 e. The molecule has 4 heteroatoms. The minimum atomic E-state index is 0.485. The number of aryl methyl sites for hydroxylation is 2. The first-order valence-corrected chi connectivity index (χ1v) is 6.95. The summed E-state index contributed by atoms with van der Waals surface area (Å²) < 4.78 is 7.18. The molecule has 0 aliphatic carbocycles. The smallest absolute Gasteiger partial charge is 0.216 e. The van der Waals surface area contributed by atoms with Crippen molar-refractivity contribution in [2.75, 3.05) is 13.7 Å². The van der Waals surface area contributed by atoms with Gasteiger partial charge in [-0.1, -0.05) is 37.3 Å².